The predicted molar refractivity (Wildman–Crippen MR) is 74.3 cm³/mol. The highest BCUT2D eigenvalue weighted by atomic mass is 16.5. The Balaban J connectivity index is 2.05. The van der Waals surface area contributed by atoms with Crippen LogP contribution in [0.5, 0.6) is 11.5 Å². The third-order valence-electron chi connectivity index (χ3n) is 3.01. The lowest BCUT2D eigenvalue weighted by Crippen LogP contribution is -1.98. The van der Waals surface area contributed by atoms with Crippen LogP contribution in [0, 0.1) is 6.92 Å². The van der Waals surface area contributed by atoms with E-state index in [1.54, 1.807) is 19.1 Å². The van der Waals surface area contributed by atoms with E-state index < -0.39 is 6.10 Å². The summed E-state index contributed by atoms with van der Waals surface area (Å²) in [6, 6.07) is 12.6. The van der Waals surface area contributed by atoms with Crippen molar-refractivity contribution in [2.45, 2.75) is 26.6 Å². The molecule has 2 N–H and O–H groups in total. The molecule has 2 aromatic carbocycles. The highest BCUT2D eigenvalue weighted by molar-refractivity contribution is 5.37. The number of aryl methyl sites for hydroxylation is 1. The smallest absolute Gasteiger partial charge is 0.122 e. The molecule has 0 unspecified atom stereocenters. The number of hydrogen-bond acceptors (Lipinski definition) is 3. The van der Waals surface area contributed by atoms with Gasteiger partial charge in [-0.25, -0.2) is 0 Å². The van der Waals surface area contributed by atoms with Gasteiger partial charge in [0, 0.05) is 0 Å². The summed E-state index contributed by atoms with van der Waals surface area (Å²) in [7, 11) is 0. The Bertz CT molecular complexity index is 544. The van der Waals surface area contributed by atoms with E-state index in [1.807, 2.05) is 37.3 Å². The van der Waals surface area contributed by atoms with Gasteiger partial charge in [0.2, 0.25) is 0 Å². The van der Waals surface area contributed by atoms with Gasteiger partial charge in [-0.1, -0.05) is 18.2 Å². The number of aromatic hydroxyl groups is 1. The summed E-state index contributed by atoms with van der Waals surface area (Å²) in [5.74, 6) is 1.05. The molecule has 1 atom stereocenters. The lowest BCUT2D eigenvalue weighted by atomic mass is 10.1. The zero-order valence-electron chi connectivity index (χ0n) is 11.1. The Labute approximate surface area is 113 Å². The van der Waals surface area contributed by atoms with Crippen LogP contribution in [0.15, 0.2) is 42.5 Å². The summed E-state index contributed by atoms with van der Waals surface area (Å²) in [5.41, 5.74) is 2.88. The van der Waals surface area contributed by atoms with E-state index in [-0.39, 0.29) is 5.75 Å². The molecule has 0 bridgehead atoms. The van der Waals surface area contributed by atoms with Crippen molar-refractivity contribution >= 4 is 0 Å². The molecule has 3 heteroatoms. The largest absolute Gasteiger partial charge is 0.508 e. The van der Waals surface area contributed by atoms with Crippen LogP contribution in [0.4, 0.5) is 0 Å². The first kappa shape index (κ1) is 13.4. The number of aliphatic hydroxyl groups excluding tert-OH is 1. The average molecular weight is 258 g/mol. The quantitative estimate of drug-likeness (QED) is 0.884. The minimum Gasteiger partial charge on any atom is -0.508 e. The third kappa shape index (κ3) is 3.48. The molecular weight excluding hydrogens is 240 g/mol. The Hall–Kier alpha value is -2.00. The van der Waals surface area contributed by atoms with Gasteiger partial charge in [0.15, 0.2) is 0 Å². The maximum absolute atomic E-state index is 9.51. The summed E-state index contributed by atoms with van der Waals surface area (Å²) in [4.78, 5) is 0. The fourth-order valence-corrected chi connectivity index (χ4v) is 1.85. The molecule has 100 valence electrons. The monoisotopic (exact) mass is 258 g/mol. The first-order valence-electron chi connectivity index (χ1n) is 6.25. The molecule has 2 rings (SSSR count). The normalized spacial score (nSPS) is 12.2. The summed E-state index contributed by atoms with van der Waals surface area (Å²) in [6.45, 7) is 4.15. The molecule has 0 saturated heterocycles. The minimum atomic E-state index is -0.468. The van der Waals surface area contributed by atoms with Crippen LogP contribution in [0.3, 0.4) is 0 Å². The zero-order valence-corrected chi connectivity index (χ0v) is 11.1. The van der Waals surface area contributed by atoms with Gasteiger partial charge in [-0.3, -0.25) is 0 Å². The summed E-state index contributed by atoms with van der Waals surface area (Å²) >= 11 is 0. The number of benzene rings is 2. The summed E-state index contributed by atoms with van der Waals surface area (Å²) in [6.07, 6.45) is -0.468. The fourth-order valence-electron chi connectivity index (χ4n) is 1.85. The summed E-state index contributed by atoms with van der Waals surface area (Å²) in [5, 5.41) is 18.7. The molecule has 3 nitrogen and oxygen atoms in total. The molecular formula is C16H18O3. The second-order valence-corrected chi connectivity index (χ2v) is 4.66. The average Bonchev–Trinajstić information content (AvgIpc) is 2.39. The van der Waals surface area contributed by atoms with Crippen molar-refractivity contribution in [1.29, 1.82) is 0 Å². The lowest BCUT2D eigenvalue weighted by molar-refractivity contribution is 0.199. The van der Waals surface area contributed by atoms with Crippen molar-refractivity contribution < 1.29 is 14.9 Å². The Morgan fingerprint density at radius 1 is 1.11 bits per heavy atom. The van der Waals surface area contributed by atoms with Gasteiger partial charge < -0.3 is 14.9 Å². The number of hydrogen-bond donors (Lipinski definition) is 2. The van der Waals surface area contributed by atoms with E-state index in [9.17, 15) is 10.2 Å². The number of aliphatic hydroxyl groups is 1. The molecule has 0 aliphatic heterocycles. The van der Waals surface area contributed by atoms with Crippen molar-refractivity contribution in [3.8, 4) is 11.5 Å². The molecule has 0 aromatic heterocycles. The van der Waals surface area contributed by atoms with Gasteiger partial charge in [-0.15, -0.1) is 0 Å². The van der Waals surface area contributed by atoms with E-state index >= 15 is 0 Å². The van der Waals surface area contributed by atoms with E-state index in [0.29, 0.717) is 6.61 Å². The standard InChI is InChI=1S/C16H18O3/c1-11-9-14(12(2)17)5-8-16(11)19-10-13-3-6-15(18)7-4-13/h3-9,12,17-18H,10H2,1-2H3/t12-/m0/s1. The van der Waals surface area contributed by atoms with Crippen molar-refractivity contribution in [2.75, 3.05) is 0 Å². The first-order chi connectivity index (χ1) is 9.06. The van der Waals surface area contributed by atoms with Gasteiger partial charge >= 0.3 is 0 Å². The van der Waals surface area contributed by atoms with Crippen molar-refractivity contribution in [3.05, 3.63) is 59.2 Å². The second-order valence-electron chi connectivity index (χ2n) is 4.66. The molecule has 0 saturated carbocycles. The van der Waals surface area contributed by atoms with Gasteiger partial charge in [0.25, 0.3) is 0 Å². The number of phenolic OH excluding ortho intramolecular Hbond substituents is 1. The third-order valence-corrected chi connectivity index (χ3v) is 3.01. The van der Waals surface area contributed by atoms with Crippen molar-refractivity contribution in [3.63, 3.8) is 0 Å². The zero-order chi connectivity index (χ0) is 13.8. The predicted octanol–water partition coefficient (Wildman–Crippen LogP) is 3.33. The number of ether oxygens (including phenoxy) is 1. The number of rotatable bonds is 4. The maximum Gasteiger partial charge on any atom is 0.122 e. The SMILES string of the molecule is Cc1cc([C@H](C)O)ccc1OCc1ccc(O)cc1. The van der Waals surface area contributed by atoms with Crippen LogP contribution < -0.4 is 4.74 Å². The van der Waals surface area contributed by atoms with Gasteiger partial charge in [0.1, 0.15) is 18.1 Å². The molecule has 0 radical (unpaired) electrons. The van der Waals surface area contributed by atoms with Crippen LogP contribution in [-0.4, -0.2) is 10.2 Å². The molecule has 0 aliphatic rings. The van der Waals surface area contributed by atoms with E-state index in [2.05, 4.69) is 0 Å². The topological polar surface area (TPSA) is 49.7 Å². The molecule has 2 aromatic rings. The first-order valence-corrected chi connectivity index (χ1v) is 6.25. The maximum atomic E-state index is 9.51. The Kier molecular flexibility index (Phi) is 4.07. The van der Waals surface area contributed by atoms with E-state index in [0.717, 1.165) is 22.4 Å². The van der Waals surface area contributed by atoms with Crippen LogP contribution in [0.25, 0.3) is 0 Å². The molecule has 0 aliphatic carbocycles. The number of phenols is 1. The van der Waals surface area contributed by atoms with Crippen molar-refractivity contribution in [1.82, 2.24) is 0 Å². The highest BCUT2D eigenvalue weighted by Crippen LogP contribution is 2.23. The van der Waals surface area contributed by atoms with Crippen LogP contribution >= 0.6 is 0 Å². The summed E-state index contributed by atoms with van der Waals surface area (Å²) < 4.78 is 5.73. The molecule has 0 heterocycles. The van der Waals surface area contributed by atoms with Gasteiger partial charge in [-0.2, -0.15) is 0 Å². The molecule has 0 spiro atoms. The van der Waals surface area contributed by atoms with E-state index in [4.69, 9.17) is 4.74 Å². The van der Waals surface area contributed by atoms with Gasteiger partial charge in [-0.05, 0) is 54.8 Å². The van der Waals surface area contributed by atoms with Crippen LogP contribution in [-0.2, 0) is 6.61 Å². The Morgan fingerprint density at radius 3 is 2.37 bits per heavy atom. The van der Waals surface area contributed by atoms with Crippen LogP contribution in [0.1, 0.15) is 29.7 Å². The second kappa shape index (κ2) is 5.76. The van der Waals surface area contributed by atoms with Crippen molar-refractivity contribution in [2.24, 2.45) is 0 Å². The van der Waals surface area contributed by atoms with E-state index in [1.165, 1.54) is 0 Å². The molecule has 0 fully saturated rings. The molecule has 0 amide bonds. The van der Waals surface area contributed by atoms with Crippen LogP contribution in [0.2, 0.25) is 0 Å². The highest BCUT2D eigenvalue weighted by Gasteiger charge is 2.05. The van der Waals surface area contributed by atoms with Gasteiger partial charge in [0.05, 0.1) is 6.10 Å². The Morgan fingerprint density at radius 2 is 1.79 bits per heavy atom. The molecule has 19 heavy (non-hydrogen) atoms. The minimum absolute atomic E-state index is 0.251. The fraction of sp³-hybridized carbons (Fsp3) is 0.250. The lowest BCUT2D eigenvalue weighted by Gasteiger charge is -2.12.